The minimum Gasteiger partial charge on any atom is -0.144 e. The summed E-state index contributed by atoms with van der Waals surface area (Å²) < 4.78 is 0. The van der Waals surface area contributed by atoms with Gasteiger partial charge < -0.3 is 0 Å². The summed E-state index contributed by atoms with van der Waals surface area (Å²) >= 11 is 2.22. The quantitative estimate of drug-likeness (QED) is 0.213. The van der Waals surface area contributed by atoms with Crippen LogP contribution >= 0.6 is 11.3 Å². The Morgan fingerprint density at radius 2 is 1.13 bits per heavy atom. The Labute approximate surface area is 314 Å². The zero-order valence-corrected chi connectivity index (χ0v) is 31.9. The number of thiophene rings is 1. The molecule has 0 aliphatic heterocycles. The van der Waals surface area contributed by atoms with Crippen LogP contribution < -0.4 is 0 Å². The molecular formula is C51H54S. The summed E-state index contributed by atoms with van der Waals surface area (Å²) in [5.74, 6) is 44.6. The molecule has 0 radical (unpaired) electrons. The molecule has 30 atom stereocenters. The van der Waals surface area contributed by atoms with Gasteiger partial charge >= 0.3 is 0 Å². The molecule has 1 aromatic rings. The highest BCUT2D eigenvalue weighted by Gasteiger charge is 3.01. The average Bonchev–Trinajstić information content (AvgIpc) is 3.94. The Kier molecular flexibility index (Phi) is 4.01. The van der Waals surface area contributed by atoms with E-state index >= 15 is 0 Å². The van der Waals surface area contributed by atoms with Crippen molar-refractivity contribution < 1.29 is 0 Å². The molecule has 18 rings (SSSR count). The molecule has 264 valence electrons. The normalized spacial score (nSPS) is 73.7. The van der Waals surface area contributed by atoms with Crippen molar-refractivity contribution in [3.63, 3.8) is 0 Å². The molecule has 16 fully saturated rings. The van der Waals surface area contributed by atoms with Gasteiger partial charge in [-0.05, 0) is 248 Å². The van der Waals surface area contributed by atoms with E-state index in [0.717, 1.165) is 130 Å². The minimum absolute atomic E-state index is 0.0356. The van der Waals surface area contributed by atoms with Gasteiger partial charge in [-0.25, -0.2) is 0 Å². The van der Waals surface area contributed by atoms with Crippen LogP contribution in [0, 0.1) is 194 Å². The van der Waals surface area contributed by atoms with E-state index in [9.17, 15) is 0 Å². The Hall–Kier alpha value is -1.44. The summed E-state index contributed by atoms with van der Waals surface area (Å²) in [7, 11) is 0. The lowest BCUT2D eigenvalue weighted by molar-refractivity contribution is -0.154. The molecule has 17 aliphatic carbocycles. The zero-order valence-electron chi connectivity index (χ0n) is 31.1. The highest BCUT2D eigenvalue weighted by molar-refractivity contribution is 7.12. The van der Waals surface area contributed by atoms with Gasteiger partial charge in [-0.15, -0.1) is 11.3 Å². The van der Waals surface area contributed by atoms with Crippen molar-refractivity contribution in [3.8, 4) is 23.7 Å². The third kappa shape index (κ3) is 2.10. The Morgan fingerprint density at radius 1 is 0.596 bits per heavy atom. The van der Waals surface area contributed by atoms with Gasteiger partial charge in [0.05, 0.1) is 5.41 Å². The first-order valence-corrected chi connectivity index (χ1v) is 24.2. The minimum atomic E-state index is 0.0356. The maximum Gasteiger partial charge on any atom is 0.0836 e. The van der Waals surface area contributed by atoms with Gasteiger partial charge in [0.2, 0.25) is 0 Å². The molecule has 0 amide bonds. The van der Waals surface area contributed by atoms with Crippen molar-refractivity contribution in [2.24, 2.45) is 171 Å². The summed E-state index contributed by atoms with van der Waals surface area (Å²) in [6, 6.07) is 5.22. The van der Waals surface area contributed by atoms with Crippen molar-refractivity contribution in [2.75, 3.05) is 0 Å². The lowest BCUT2D eigenvalue weighted by Gasteiger charge is -2.62. The highest BCUT2D eigenvalue weighted by Crippen LogP contribution is 3.02. The van der Waals surface area contributed by atoms with Crippen molar-refractivity contribution in [1.29, 1.82) is 0 Å². The van der Waals surface area contributed by atoms with E-state index in [0.29, 0.717) is 10.8 Å². The van der Waals surface area contributed by atoms with Crippen molar-refractivity contribution in [3.05, 3.63) is 33.5 Å². The Morgan fingerprint density at radius 3 is 1.77 bits per heavy atom. The molecule has 1 heterocycles. The molecule has 52 heavy (non-hydrogen) atoms. The van der Waals surface area contributed by atoms with Gasteiger partial charge in [0.25, 0.3) is 0 Å². The lowest BCUT2D eigenvalue weighted by Crippen LogP contribution is -2.59. The number of hydrogen-bond acceptors (Lipinski definition) is 1. The molecule has 0 bridgehead atoms. The van der Waals surface area contributed by atoms with Crippen LogP contribution in [0.1, 0.15) is 75.0 Å². The molecule has 1 aromatic heterocycles. The fourth-order valence-electron chi connectivity index (χ4n) is 26.9. The molecule has 0 N–H and O–H groups in total. The first-order valence-electron chi connectivity index (χ1n) is 23.4. The van der Waals surface area contributed by atoms with Gasteiger partial charge in [-0.2, -0.15) is 0 Å². The molecule has 0 nitrogen and oxygen atoms in total. The van der Waals surface area contributed by atoms with E-state index in [-0.39, 0.29) is 5.41 Å². The van der Waals surface area contributed by atoms with Crippen molar-refractivity contribution in [2.45, 2.75) is 77.0 Å². The van der Waals surface area contributed by atoms with Gasteiger partial charge in [0, 0.05) is 20.6 Å². The third-order valence-corrected chi connectivity index (χ3v) is 26.5. The fraction of sp³-hybridized carbons (Fsp3) is 0.804. The topological polar surface area (TPSA) is 0 Å². The van der Waals surface area contributed by atoms with E-state index < -0.39 is 0 Å². The SMILES string of the molecule is CC#CC#CC1(c2ccc(CC)s2)C23C=C4CC5CC6CC7CC8CC9CC%10CC(C2)C2C%11C%10C9C9C8C8C7C6C6C5C5C7C6C8C9C%11C7C2C31C45. The summed E-state index contributed by atoms with van der Waals surface area (Å²) in [5, 5.41) is 0. The van der Waals surface area contributed by atoms with Crippen LogP contribution in [0.15, 0.2) is 23.8 Å². The second-order valence-corrected chi connectivity index (χ2v) is 25.3. The number of allylic oxidation sites excluding steroid dienone is 2. The summed E-state index contributed by atoms with van der Waals surface area (Å²) in [4.78, 5) is 3.33. The van der Waals surface area contributed by atoms with Crippen LogP contribution in [0.2, 0.25) is 0 Å². The lowest BCUT2D eigenvalue weighted by atomic mass is 9.42. The van der Waals surface area contributed by atoms with Crippen LogP contribution in [0.25, 0.3) is 0 Å². The van der Waals surface area contributed by atoms with Crippen LogP contribution in [0.4, 0.5) is 0 Å². The largest absolute Gasteiger partial charge is 0.144 e. The molecule has 0 aromatic carbocycles. The van der Waals surface area contributed by atoms with E-state index in [4.69, 9.17) is 0 Å². The molecule has 30 unspecified atom stereocenters. The van der Waals surface area contributed by atoms with Crippen LogP contribution in [0.5, 0.6) is 0 Å². The zero-order chi connectivity index (χ0) is 32.8. The first kappa shape index (κ1) is 27.2. The maximum absolute atomic E-state index is 4.38. The van der Waals surface area contributed by atoms with Crippen molar-refractivity contribution in [1.82, 2.24) is 0 Å². The molecule has 17 aliphatic rings. The molecule has 1 heteroatoms. The van der Waals surface area contributed by atoms with E-state index in [1.165, 1.54) is 48.9 Å². The molecule has 1 spiro atoms. The molecular weight excluding hydrogens is 645 g/mol. The van der Waals surface area contributed by atoms with E-state index in [1.54, 1.807) is 48.3 Å². The smallest absolute Gasteiger partial charge is 0.0836 e. The number of aryl methyl sites for hydroxylation is 1. The van der Waals surface area contributed by atoms with Gasteiger partial charge in [0.1, 0.15) is 0 Å². The summed E-state index contributed by atoms with van der Waals surface area (Å²) in [6.45, 7) is 4.44. The third-order valence-electron chi connectivity index (χ3n) is 25.1. The first-order chi connectivity index (χ1) is 25.7. The van der Waals surface area contributed by atoms with Crippen LogP contribution in [-0.4, -0.2) is 0 Å². The standard InChI is InChI=1S/C51H54S/c1-3-5-6-9-50(28-8-7-27(4-2)52-28)49-17-25-15-23-13-21-12-22-11-19-10-20-14-24-16-26(18-49)47-45-34(24)38-30(20)29(19)36-33(22)37-31(21)32(23)39-35(25)48(51(47,49)50)46-43(39)41(37)40(36)42(38)44(45)46/h7-8,18-25,29-48H,4,10-17H2,1-2H3. The summed E-state index contributed by atoms with van der Waals surface area (Å²) in [5.41, 5.74) is 2.79. The summed E-state index contributed by atoms with van der Waals surface area (Å²) in [6.07, 6.45) is 17.4. The average molecular weight is 699 g/mol. The predicted molar refractivity (Wildman–Crippen MR) is 201 cm³/mol. The molecule has 16 saturated carbocycles. The Bertz CT molecular complexity index is 2180. The Balaban J connectivity index is 0.993. The second kappa shape index (κ2) is 7.65. The van der Waals surface area contributed by atoms with Crippen LogP contribution in [0.3, 0.4) is 0 Å². The van der Waals surface area contributed by atoms with Gasteiger partial charge in [0.15, 0.2) is 0 Å². The van der Waals surface area contributed by atoms with E-state index in [1.807, 2.05) is 6.92 Å². The predicted octanol–water partition coefficient (Wildman–Crippen LogP) is 9.46. The van der Waals surface area contributed by atoms with E-state index in [2.05, 4.69) is 65.7 Å². The van der Waals surface area contributed by atoms with Gasteiger partial charge in [-0.3, -0.25) is 0 Å². The van der Waals surface area contributed by atoms with Gasteiger partial charge in [-0.1, -0.05) is 30.4 Å². The number of rotatable bonds is 2. The molecule has 0 saturated heterocycles. The maximum atomic E-state index is 4.38. The van der Waals surface area contributed by atoms with Crippen LogP contribution in [-0.2, 0) is 11.8 Å². The number of hydrogen-bond donors (Lipinski definition) is 0. The second-order valence-electron chi connectivity index (χ2n) is 24.1. The monoisotopic (exact) mass is 698 g/mol. The fourth-order valence-corrected chi connectivity index (χ4v) is 28.2. The van der Waals surface area contributed by atoms with Crippen molar-refractivity contribution >= 4 is 11.3 Å². The highest BCUT2D eigenvalue weighted by atomic mass is 32.1.